The van der Waals surface area contributed by atoms with Crippen LogP contribution in [0.4, 0.5) is 0 Å². The molecule has 0 saturated heterocycles. The Labute approximate surface area is 132 Å². The van der Waals surface area contributed by atoms with Gasteiger partial charge in [0.1, 0.15) is 5.75 Å². The number of rotatable bonds is 1. The third-order valence-electron chi connectivity index (χ3n) is 6.96. The number of hydrogen-bond donors (Lipinski definition) is 2. The minimum absolute atomic E-state index is 0.00466. The van der Waals surface area contributed by atoms with Crippen LogP contribution in [0.1, 0.15) is 49.7 Å². The number of aryl methyl sites for hydroxylation is 1. The van der Waals surface area contributed by atoms with E-state index in [1.807, 2.05) is 12.1 Å². The third-order valence-corrected chi connectivity index (χ3v) is 6.96. The summed E-state index contributed by atoms with van der Waals surface area (Å²) >= 11 is 0. The van der Waals surface area contributed by atoms with Gasteiger partial charge in [-0.2, -0.15) is 0 Å². The summed E-state index contributed by atoms with van der Waals surface area (Å²) in [6.07, 6.45) is 5.08. The van der Waals surface area contributed by atoms with E-state index < -0.39 is 0 Å². The Hall–Kier alpha value is -1.06. The second kappa shape index (κ2) is 4.97. The normalized spacial score (nSPS) is 43.3. The van der Waals surface area contributed by atoms with E-state index in [1.165, 1.54) is 17.5 Å². The first-order valence-electron chi connectivity index (χ1n) is 8.57. The number of hydrogen-bond acceptors (Lipinski definition) is 3. The van der Waals surface area contributed by atoms with E-state index >= 15 is 0 Å². The second-order valence-electron chi connectivity index (χ2n) is 7.80. The summed E-state index contributed by atoms with van der Waals surface area (Å²) in [5.41, 5.74) is 2.77. The van der Waals surface area contributed by atoms with E-state index in [-0.39, 0.29) is 17.6 Å². The van der Waals surface area contributed by atoms with Crippen molar-refractivity contribution in [1.29, 1.82) is 0 Å². The Bertz CT molecular complexity index is 584. The van der Waals surface area contributed by atoms with Crippen LogP contribution in [-0.2, 0) is 11.2 Å². The Morgan fingerprint density at radius 3 is 2.86 bits per heavy atom. The fourth-order valence-corrected chi connectivity index (χ4v) is 5.76. The Morgan fingerprint density at radius 1 is 1.27 bits per heavy atom. The molecule has 1 aromatic carbocycles. The molecule has 4 rings (SSSR count). The first-order chi connectivity index (χ1) is 10.5. The maximum Gasteiger partial charge on any atom is 0.115 e. The van der Waals surface area contributed by atoms with Crippen molar-refractivity contribution in [2.45, 2.75) is 57.2 Å². The first kappa shape index (κ1) is 14.5. The lowest BCUT2D eigenvalue weighted by Crippen LogP contribution is -2.45. The van der Waals surface area contributed by atoms with Crippen LogP contribution in [0.2, 0.25) is 0 Å². The molecule has 0 aromatic heterocycles. The zero-order valence-corrected chi connectivity index (χ0v) is 13.5. The molecule has 2 saturated carbocycles. The highest BCUT2D eigenvalue weighted by Crippen LogP contribution is 2.61. The second-order valence-corrected chi connectivity index (χ2v) is 7.80. The monoisotopic (exact) mass is 302 g/mol. The number of fused-ring (bicyclic) bond motifs is 5. The molecule has 1 aromatic rings. The van der Waals surface area contributed by atoms with Gasteiger partial charge >= 0.3 is 0 Å². The summed E-state index contributed by atoms with van der Waals surface area (Å²) in [7, 11) is 1.73. The van der Waals surface area contributed by atoms with Crippen molar-refractivity contribution in [3.8, 4) is 5.75 Å². The van der Waals surface area contributed by atoms with Gasteiger partial charge in [0.15, 0.2) is 0 Å². The number of aliphatic hydroxyl groups excluding tert-OH is 1. The number of phenols is 1. The van der Waals surface area contributed by atoms with Gasteiger partial charge in [-0.3, -0.25) is 0 Å². The Balaban J connectivity index is 1.69. The van der Waals surface area contributed by atoms with Gasteiger partial charge in [-0.25, -0.2) is 0 Å². The molecule has 3 heteroatoms. The van der Waals surface area contributed by atoms with E-state index in [0.717, 1.165) is 25.7 Å². The quantitative estimate of drug-likeness (QED) is 0.837. The lowest BCUT2D eigenvalue weighted by Gasteiger charge is -2.49. The van der Waals surface area contributed by atoms with Crippen LogP contribution in [0.25, 0.3) is 0 Å². The third kappa shape index (κ3) is 1.88. The van der Waals surface area contributed by atoms with E-state index in [9.17, 15) is 10.2 Å². The smallest absolute Gasteiger partial charge is 0.115 e. The summed E-state index contributed by atoms with van der Waals surface area (Å²) in [6, 6.07) is 5.90. The SMILES string of the molecule is COC1C[C@H]2[C@@H]3CCc4cc(O)ccc4[C@H]3CC[C@]2(C)[C@H]1O. The highest BCUT2D eigenvalue weighted by molar-refractivity contribution is 5.40. The molecule has 1 unspecified atom stereocenters. The maximum atomic E-state index is 10.7. The summed E-state index contributed by atoms with van der Waals surface area (Å²) in [5.74, 6) is 2.16. The number of phenolic OH excluding ortho intramolecular Hbond substituents is 1. The average molecular weight is 302 g/mol. The predicted molar refractivity (Wildman–Crippen MR) is 84.9 cm³/mol. The van der Waals surface area contributed by atoms with Crippen molar-refractivity contribution in [1.82, 2.24) is 0 Å². The molecule has 22 heavy (non-hydrogen) atoms. The van der Waals surface area contributed by atoms with Gasteiger partial charge in [0.2, 0.25) is 0 Å². The van der Waals surface area contributed by atoms with Crippen LogP contribution in [0.15, 0.2) is 18.2 Å². The highest BCUT2D eigenvalue weighted by atomic mass is 16.5. The molecule has 6 atom stereocenters. The fraction of sp³-hybridized carbons (Fsp3) is 0.684. The van der Waals surface area contributed by atoms with Gasteiger partial charge < -0.3 is 14.9 Å². The molecule has 3 aliphatic carbocycles. The molecule has 3 nitrogen and oxygen atoms in total. The molecule has 2 N–H and O–H groups in total. The molecule has 0 spiro atoms. The summed E-state index contributed by atoms with van der Waals surface area (Å²) in [6.45, 7) is 2.27. The lowest BCUT2D eigenvalue weighted by molar-refractivity contribution is -0.0607. The standard InChI is InChI=1S/C19H26O3/c1-19-8-7-14-13-6-4-12(20)9-11(13)3-5-15(14)16(19)10-17(22-2)18(19)21/h4,6,9,14-18,20-21H,3,5,7-8,10H2,1-2H3/t14-,15-,16+,17?,18+,19+/m1/s1. The molecule has 0 bridgehead atoms. The molecule has 3 aliphatic rings. The molecule has 0 amide bonds. The van der Waals surface area contributed by atoms with Crippen molar-refractivity contribution in [3.63, 3.8) is 0 Å². The van der Waals surface area contributed by atoms with Crippen molar-refractivity contribution in [2.24, 2.45) is 17.3 Å². The van der Waals surface area contributed by atoms with E-state index in [4.69, 9.17) is 4.74 Å². The topological polar surface area (TPSA) is 49.7 Å². The van der Waals surface area contributed by atoms with E-state index in [0.29, 0.717) is 23.5 Å². The van der Waals surface area contributed by atoms with Crippen LogP contribution < -0.4 is 0 Å². The number of methoxy groups -OCH3 is 1. The first-order valence-corrected chi connectivity index (χ1v) is 8.57. The zero-order valence-electron chi connectivity index (χ0n) is 13.5. The zero-order chi connectivity index (χ0) is 15.5. The minimum atomic E-state index is -0.329. The van der Waals surface area contributed by atoms with Gasteiger partial charge in [0, 0.05) is 7.11 Å². The van der Waals surface area contributed by atoms with Crippen LogP contribution in [0.5, 0.6) is 5.75 Å². The molecule has 2 fully saturated rings. The molecule has 0 aliphatic heterocycles. The lowest BCUT2D eigenvalue weighted by atomic mass is 9.55. The summed E-state index contributed by atoms with van der Waals surface area (Å²) < 4.78 is 5.56. The van der Waals surface area contributed by atoms with Crippen molar-refractivity contribution in [3.05, 3.63) is 29.3 Å². The molecular formula is C19H26O3. The number of aromatic hydroxyl groups is 1. The molecular weight excluding hydrogens is 276 g/mol. The van der Waals surface area contributed by atoms with Gasteiger partial charge in [-0.05, 0) is 78.5 Å². The predicted octanol–water partition coefficient (Wildman–Crippen LogP) is 3.23. The van der Waals surface area contributed by atoms with E-state index in [1.54, 1.807) is 7.11 Å². The van der Waals surface area contributed by atoms with Crippen molar-refractivity contribution in [2.75, 3.05) is 7.11 Å². The summed E-state index contributed by atoms with van der Waals surface area (Å²) in [4.78, 5) is 0. The van der Waals surface area contributed by atoms with Crippen LogP contribution in [0, 0.1) is 17.3 Å². The van der Waals surface area contributed by atoms with E-state index in [2.05, 4.69) is 13.0 Å². The Kier molecular flexibility index (Phi) is 3.28. The Morgan fingerprint density at radius 2 is 2.09 bits per heavy atom. The van der Waals surface area contributed by atoms with Gasteiger partial charge in [0.25, 0.3) is 0 Å². The van der Waals surface area contributed by atoms with Crippen LogP contribution >= 0.6 is 0 Å². The highest BCUT2D eigenvalue weighted by Gasteiger charge is 2.58. The van der Waals surface area contributed by atoms with Crippen molar-refractivity contribution < 1.29 is 14.9 Å². The van der Waals surface area contributed by atoms with Crippen LogP contribution in [0.3, 0.4) is 0 Å². The number of benzene rings is 1. The molecule has 0 heterocycles. The van der Waals surface area contributed by atoms with Crippen LogP contribution in [-0.4, -0.2) is 29.5 Å². The molecule has 0 radical (unpaired) electrons. The van der Waals surface area contributed by atoms with Gasteiger partial charge in [0.05, 0.1) is 12.2 Å². The fourth-order valence-electron chi connectivity index (χ4n) is 5.76. The number of aliphatic hydroxyl groups is 1. The summed E-state index contributed by atoms with van der Waals surface area (Å²) in [5, 5.41) is 20.4. The molecule has 120 valence electrons. The number of ether oxygens (including phenoxy) is 1. The van der Waals surface area contributed by atoms with Crippen molar-refractivity contribution >= 4 is 0 Å². The van der Waals surface area contributed by atoms with Gasteiger partial charge in [-0.1, -0.05) is 13.0 Å². The maximum absolute atomic E-state index is 10.7. The minimum Gasteiger partial charge on any atom is -0.508 e. The van der Waals surface area contributed by atoms with Gasteiger partial charge in [-0.15, -0.1) is 0 Å². The largest absolute Gasteiger partial charge is 0.508 e. The average Bonchev–Trinajstić information content (AvgIpc) is 2.78.